The molecule has 0 amide bonds. The average Bonchev–Trinajstić information content (AvgIpc) is 3.33. The van der Waals surface area contributed by atoms with Gasteiger partial charge in [0.05, 0.1) is 19.3 Å². The summed E-state index contributed by atoms with van der Waals surface area (Å²) >= 11 is 0. The number of nitrogens with zero attached hydrogens (tertiary/aromatic N) is 6. The molecule has 0 aliphatic carbocycles. The van der Waals surface area contributed by atoms with Gasteiger partial charge in [-0.2, -0.15) is 0 Å². The van der Waals surface area contributed by atoms with Gasteiger partial charge in [-0.3, -0.25) is 9.29 Å². The molecule has 0 saturated carbocycles. The Kier molecular flexibility index (Phi) is 8.90. The van der Waals surface area contributed by atoms with Crippen molar-refractivity contribution in [1.29, 1.82) is 0 Å². The molecule has 0 spiro atoms. The molecule has 1 N–H and O–H groups in total. The second kappa shape index (κ2) is 12.1. The third kappa shape index (κ3) is 5.94. The first-order chi connectivity index (χ1) is 18.3. The molecule has 4 rings (SSSR count). The van der Waals surface area contributed by atoms with E-state index in [1.807, 2.05) is 13.8 Å². The molecule has 0 aromatic carbocycles. The normalized spacial score (nSPS) is 18.5. The molecule has 1 aliphatic heterocycles. The van der Waals surface area contributed by atoms with Crippen molar-refractivity contribution in [2.45, 2.75) is 70.0 Å². The lowest BCUT2D eigenvalue weighted by Crippen LogP contribution is -2.35. The number of hydrogen-bond acceptors (Lipinski definition) is 10. The van der Waals surface area contributed by atoms with Crippen LogP contribution in [0.5, 0.6) is 5.88 Å². The third-order valence-corrected chi connectivity index (χ3v) is 8.40. The molecular weight excluding hydrogens is 510 g/mol. The summed E-state index contributed by atoms with van der Waals surface area (Å²) in [6, 6.07) is 5.10. The highest BCUT2D eigenvalue weighted by atomic mass is 32.2. The van der Waals surface area contributed by atoms with Gasteiger partial charge in [-0.05, 0) is 51.2 Å². The van der Waals surface area contributed by atoms with Gasteiger partial charge in [0.15, 0.2) is 11.6 Å². The SMILES string of the molecule is CCC([C@@H]1CCCCO1)n1c(NS(=O)(=O)C(C)C(OC)c2ncc(C)cn2)nnc1-c1cccc(OC)n1. The van der Waals surface area contributed by atoms with Crippen LogP contribution in [0.15, 0.2) is 30.6 Å². The summed E-state index contributed by atoms with van der Waals surface area (Å²) in [5.41, 5.74) is 1.37. The van der Waals surface area contributed by atoms with Crippen LogP contribution in [0.3, 0.4) is 0 Å². The largest absolute Gasteiger partial charge is 0.481 e. The maximum atomic E-state index is 13.6. The lowest BCUT2D eigenvalue weighted by Gasteiger charge is -2.32. The number of pyridine rings is 1. The van der Waals surface area contributed by atoms with Crippen LogP contribution in [0.1, 0.15) is 63.1 Å². The van der Waals surface area contributed by atoms with Crippen LogP contribution < -0.4 is 9.46 Å². The number of sulfonamides is 1. The average molecular weight is 546 g/mol. The lowest BCUT2D eigenvalue weighted by molar-refractivity contribution is -0.0169. The van der Waals surface area contributed by atoms with E-state index >= 15 is 0 Å². The number of nitrogens with one attached hydrogen (secondary N) is 1. The molecule has 3 aromatic rings. The standard InChI is InChI=1S/C25H35N7O5S/c1-6-19(20-11-7-8-13-37-20)32-24(18-10-9-12-21(28-18)35-4)29-30-25(32)31-38(33,34)17(3)22(36-5)23-26-14-16(2)15-27-23/h9-10,12,14-15,17,19-20,22H,6-8,11,13H2,1-5H3,(H,30,31)/t17?,19?,20-,22?/m0/s1. The molecule has 13 heteroatoms. The number of rotatable bonds is 11. The summed E-state index contributed by atoms with van der Waals surface area (Å²) in [4.78, 5) is 13.1. The zero-order valence-electron chi connectivity index (χ0n) is 22.4. The minimum absolute atomic E-state index is 0.0807. The van der Waals surface area contributed by atoms with Crippen LogP contribution in [0, 0.1) is 6.92 Å². The predicted molar refractivity (Wildman–Crippen MR) is 141 cm³/mol. The van der Waals surface area contributed by atoms with Crippen LogP contribution in [-0.2, 0) is 19.5 Å². The third-order valence-electron chi connectivity index (χ3n) is 6.71. The van der Waals surface area contributed by atoms with Crippen molar-refractivity contribution in [3.8, 4) is 17.4 Å². The zero-order chi connectivity index (χ0) is 27.3. The van der Waals surface area contributed by atoms with Crippen molar-refractivity contribution < 1.29 is 22.6 Å². The topological polar surface area (TPSA) is 143 Å². The Morgan fingerprint density at radius 3 is 2.58 bits per heavy atom. The fraction of sp³-hybridized carbons (Fsp3) is 0.560. The van der Waals surface area contributed by atoms with Crippen molar-refractivity contribution in [3.05, 3.63) is 42.0 Å². The number of aromatic nitrogens is 6. The second-order valence-corrected chi connectivity index (χ2v) is 11.3. The molecule has 1 saturated heterocycles. The van der Waals surface area contributed by atoms with E-state index in [-0.39, 0.29) is 23.9 Å². The van der Waals surface area contributed by atoms with Crippen LogP contribution in [0.25, 0.3) is 11.5 Å². The molecule has 4 heterocycles. The molecule has 0 radical (unpaired) electrons. The Balaban J connectivity index is 1.73. The summed E-state index contributed by atoms with van der Waals surface area (Å²) in [6.45, 7) is 6.09. The fourth-order valence-electron chi connectivity index (χ4n) is 4.62. The van der Waals surface area contributed by atoms with E-state index in [1.54, 1.807) is 42.1 Å². The van der Waals surface area contributed by atoms with Gasteiger partial charge in [0.25, 0.3) is 0 Å². The van der Waals surface area contributed by atoms with Crippen LogP contribution in [0.4, 0.5) is 5.95 Å². The molecule has 4 atom stereocenters. The molecule has 3 unspecified atom stereocenters. The highest BCUT2D eigenvalue weighted by Crippen LogP contribution is 2.34. The van der Waals surface area contributed by atoms with Crippen molar-refractivity contribution in [2.24, 2.45) is 0 Å². The highest BCUT2D eigenvalue weighted by molar-refractivity contribution is 7.93. The minimum atomic E-state index is -4.02. The number of methoxy groups -OCH3 is 2. The molecule has 3 aromatic heterocycles. The van der Waals surface area contributed by atoms with E-state index < -0.39 is 21.4 Å². The van der Waals surface area contributed by atoms with Gasteiger partial charge in [-0.1, -0.05) is 13.0 Å². The molecular formula is C25H35N7O5S. The minimum Gasteiger partial charge on any atom is -0.481 e. The Morgan fingerprint density at radius 2 is 1.95 bits per heavy atom. The smallest absolute Gasteiger partial charge is 0.240 e. The quantitative estimate of drug-likeness (QED) is 0.380. The van der Waals surface area contributed by atoms with Crippen molar-refractivity contribution in [2.75, 3.05) is 25.5 Å². The van der Waals surface area contributed by atoms with Crippen molar-refractivity contribution in [1.82, 2.24) is 29.7 Å². The number of ether oxygens (including phenoxy) is 3. The van der Waals surface area contributed by atoms with Gasteiger partial charge < -0.3 is 14.2 Å². The summed E-state index contributed by atoms with van der Waals surface area (Å²) in [6.07, 6.45) is 5.77. The van der Waals surface area contributed by atoms with E-state index in [0.29, 0.717) is 30.4 Å². The molecule has 1 fully saturated rings. The van der Waals surface area contributed by atoms with Gasteiger partial charge >= 0.3 is 0 Å². The molecule has 1 aliphatic rings. The maximum absolute atomic E-state index is 13.6. The summed E-state index contributed by atoms with van der Waals surface area (Å²) in [5.74, 6) is 1.19. The van der Waals surface area contributed by atoms with E-state index in [9.17, 15) is 8.42 Å². The monoisotopic (exact) mass is 545 g/mol. The Hall–Kier alpha value is -3.16. The van der Waals surface area contributed by atoms with Gasteiger partial charge in [0, 0.05) is 32.2 Å². The first-order valence-corrected chi connectivity index (χ1v) is 14.2. The van der Waals surface area contributed by atoms with Gasteiger partial charge in [-0.25, -0.2) is 23.4 Å². The summed E-state index contributed by atoms with van der Waals surface area (Å²) in [7, 11) is -1.06. The predicted octanol–water partition coefficient (Wildman–Crippen LogP) is 3.49. The van der Waals surface area contributed by atoms with Crippen LogP contribution in [0.2, 0.25) is 0 Å². The Labute approximate surface area is 223 Å². The Bertz CT molecular complexity index is 1310. The first-order valence-electron chi connectivity index (χ1n) is 12.7. The van der Waals surface area contributed by atoms with E-state index in [4.69, 9.17) is 14.2 Å². The number of aryl methyl sites for hydroxylation is 1. The Morgan fingerprint density at radius 1 is 1.18 bits per heavy atom. The van der Waals surface area contributed by atoms with Gasteiger partial charge in [-0.15, -0.1) is 10.2 Å². The summed E-state index contributed by atoms with van der Waals surface area (Å²) in [5, 5.41) is 7.58. The van der Waals surface area contributed by atoms with Crippen molar-refractivity contribution in [3.63, 3.8) is 0 Å². The number of anilines is 1. The molecule has 0 bridgehead atoms. The molecule has 206 valence electrons. The second-order valence-electron chi connectivity index (χ2n) is 9.29. The maximum Gasteiger partial charge on any atom is 0.240 e. The van der Waals surface area contributed by atoms with E-state index in [1.165, 1.54) is 14.2 Å². The van der Waals surface area contributed by atoms with Gasteiger partial charge in [0.1, 0.15) is 17.0 Å². The molecule has 38 heavy (non-hydrogen) atoms. The van der Waals surface area contributed by atoms with E-state index in [2.05, 4.69) is 29.9 Å². The number of hydrogen-bond donors (Lipinski definition) is 1. The van der Waals surface area contributed by atoms with E-state index in [0.717, 1.165) is 24.8 Å². The fourth-order valence-corrected chi connectivity index (χ4v) is 5.76. The summed E-state index contributed by atoms with van der Waals surface area (Å²) < 4.78 is 48.6. The lowest BCUT2D eigenvalue weighted by atomic mass is 9.99. The van der Waals surface area contributed by atoms with Crippen LogP contribution in [-0.4, -0.2) is 70.3 Å². The highest BCUT2D eigenvalue weighted by Gasteiger charge is 2.36. The molecule has 12 nitrogen and oxygen atoms in total. The van der Waals surface area contributed by atoms with Gasteiger partial charge in [0.2, 0.25) is 21.9 Å². The first kappa shape index (κ1) is 27.9. The zero-order valence-corrected chi connectivity index (χ0v) is 23.2. The van der Waals surface area contributed by atoms with Crippen LogP contribution >= 0.6 is 0 Å². The van der Waals surface area contributed by atoms with Crippen molar-refractivity contribution >= 4 is 16.0 Å².